The lowest BCUT2D eigenvalue weighted by Gasteiger charge is -2.04. The lowest BCUT2D eigenvalue weighted by Crippen LogP contribution is -2.04. The number of aliphatic hydroxyl groups is 1. The summed E-state index contributed by atoms with van der Waals surface area (Å²) in [6.07, 6.45) is -1.16. The average molecular weight is 251 g/mol. The van der Waals surface area contributed by atoms with Gasteiger partial charge in [-0.25, -0.2) is 0 Å². The van der Waals surface area contributed by atoms with Gasteiger partial charge >= 0.3 is 5.97 Å². The molecule has 0 fully saturated rings. The van der Waals surface area contributed by atoms with Gasteiger partial charge in [0.1, 0.15) is 0 Å². The van der Waals surface area contributed by atoms with Crippen LogP contribution in [0.1, 0.15) is 17.4 Å². The number of carbonyl (C=O) groups is 1. The molecule has 0 aliphatic carbocycles. The molecule has 0 aliphatic rings. The molecule has 0 unspecified atom stereocenters. The van der Waals surface area contributed by atoms with E-state index in [0.717, 1.165) is 4.47 Å². The predicted molar refractivity (Wildman–Crippen MR) is 49.2 cm³/mol. The largest absolute Gasteiger partial charge is 0.481 e. The summed E-state index contributed by atoms with van der Waals surface area (Å²) in [6, 6.07) is 1.78. The van der Waals surface area contributed by atoms with Crippen LogP contribution in [0.15, 0.2) is 15.9 Å². The molecule has 0 saturated heterocycles. The first kappa shape index (κ1) is 9.70. The molecule has 1 atom stereocenters. The Morgan fingerprint density at radius 1 is 1.75 bits per heavy atom. The van der Waals surface area contributed by atoms with Crippen LogP contribution in [-0.2, 0) is 4.79 Å². The van der Waals surface area contributed by atoms with E-state index >= 15 is 0 Å². The zero-order valence-electron chi connectivity index (χ0n) is 6.03. The zero-order chi connectivity index (χ0) is 9.14. The molecule has 0 amide bonds. The number of carboxylic acid groups (broad SMARTS) is 1. The van der Waals surface area contributed by atoms with Crippen molar-refractivity contribution in [2.75, 3.05) is 0 Å². The van der Waals surface area contributed by atoms with E-state index in [2.05, 4.69) is 15.9 Å². The van der Waals surface area contributed by atoms with E-state index in [9.17, 15) is 9.90 Å². The van der Waals surface area contributed by atoms with Gasteiger partial charge in [-0.15, -0.1) is 11.3 Å². The van der Waals surface area contributed by atoms with Crippen molar-refractivity contribution >= 4 is 33.2 Å². The summed E-state index contributed by atoms with van der Waals surface area (Å²) >= 11 is 4.55. The summed E-state index contributed by atoms with van der Waals surface area (Å²) in [5.74, 6) is -0.997. The third-order valence-electron chi connectivity index (χ3n) is 1.32. The zero-order valence-corrected chi connectivity index (χ0v) is 8.43. The van der Waals surface area contributed by atoms with Crippen molar-refractivity contribution in [1.82, 2.24) is 0 Å². The van der Waals surface area contributed by atoms with Crippen LogP contribution < -0.4 is 0 Å². The summed E-state index contributed by atoms with van der Waals surface area (Å²) < 4.78 is 0.765. The second kappa shape index (κ2) is 4.02. The van der Waals surface area contributed by atoms with Crippen molar-refractivity contribution in [1.29, 1.82) is 0 Å². The van der Waals surface area contributed by atoms with E-state index < -0.39 is 12.1 Å². The number of hydrogen-bond acceptors (Lipinski definition) is 3. The van der Waals surface area contributed by atoms with Crippen molar-refractivity contribution < 1.29 is 15.0 Å². The summed E-state index contributed by atoms with van der Waals surface area (Å²) in [5.41, 5.74) is 0. The lowest BCUT2D eigenvalue weighted by atomic mass is 10.2. The molecule has 0 aliphatic heterocycles. The monoisotopic (exact) mass is 250 g/mol. The topological polar surface area (TPSA) is 57.5 Å². The molecule has 1 heterocycles. The molecule has 1 rings (SSSR count). The molecular formula is C7H7BrO3S. The Kier molecular flexibility index (Phi) is 3.25. The van der Waals surface area contributed by atoms with Gasteiger partial charge in [0.25, 0.3) is 0 Å². The highest BCUT2D eigenvalue weighted by molar-refractivity contribution is 9.10. The van der Waals surface area contributed by atoms with Crippen molar-refractivity contribution in [3.8, 4) is 0 Å². The van der Waals surface area contributed by atoms with E-state index in [1.807, 2.05) is 0 Å². The summed E-state index contributed by atoms with van der Waals surface area (Å²) in [4.78, 5) is 10.9. The van der Waals surface area contributed by atoms with Crippen LogP contribution in [0.3, 0.4) is 0 Å². The SMILES string of the molecule is O=C(O)C[C@@H](O)c1sccc1Br. The highest BCUT2D eigenvalue weighted by atomic mass is 79.9. The normalized spacial score (nSPS) is 12.8. The number of hydrogen-bond donors (Lipinski definition) is 2. The molecule has 5 heteroatoms. The maximum Gasteiger partial charge on any atom is 0.306 e. The Morgan fingerprint density at radius 2 is 2.42 bits per heavy atom. The fraction of sp³-hybridized carbons (Fsp3) is 0.286. The third-order valence-corrected chi connectivity index (χ3v) is 3.29. The van der Waals surface area contributed by atoms with Gasteiger partial charge in [0.2, 0.25) is 0 Å². The van der Waals surface area contributed by atoms with Crippen LogP contribution >= 0.6 is 27.3 Å². The number of aliphatic hydroxyl groups excluding tert-OH is 1. The molecule has 12 heavy (non-hydrogen) atoms. The van der Waals surface area contributed by atoms with Crippen molar-refractivity contribution in [3.63, 3.8) is 0 Å². The van der Waals surface area contributed by atoms with Gasteiger partial charge in [-0.05, 0) is 27.4 Å². The van der Waals surface area contributed by atoms with E-state index in [1.54, 1.807) is 11.4 Å². The molecule has 2 N–H and O–H groups in total. The van der Waals surface area contributed by atoms with Crippen LogP contribution in [0, 0.1) is 0 Å². The summed E-state index contributed by atoms with van der Waals surface area (Å²) in [7, 11) is 0. The summed E-state index contributed by atoms with van der Waals surface area (Å²) in [5, 5.41) is 19.6. The minimum atomic E-state index is -0.997. The van der Waals surface area contributed by atoms with Crippen LogP contribution in [0.5, 0.6) is 0 Å². The van der Waals surface area contributed by atoms with Crippen molar-refractivity contribution in [2.24, 2.45) is 0 Å². The predicted octanol–water partition coefficient (Wildman–Crippen LogP) is 2.02. The maximum absolute atomic E-state index is 10.2. The first-order valence-corrected chi connectivity index (χ1v) is 4.91. The molecule has 3 nitrogen and oxygen atoms in total. The smallest absolute Gasteiger partial charge is 0.306 e. The van der Waals surface area contributed by atoms with Gasteiger partial charge in [-0.2, -0.15) is 0 Å². The Hall–Kier alpha value is -0.390. The standard InChI is InChI=1S/C7H7BrO3S/c8-4-1-2-12-7(4)5(9)3-6(10)11/h1-2,5,9H,3H2,(H,10,11)/t5-/m1/s1. The molecule has 1 aromatic heterocycles. The van der Waals surface area contributed by atoms with Gasteiger partial charge < -0.3 is 10.2 Å². The van der Waals surface area contributed by atoms with Gasteiger partial charge in [0.15, 0.2) is 0 Å². The molecule has 0 aromatic carbocycles. The highest BCUT2D eigenvalue weighted by Crippen LogP contribution is 2.30. The minimum Gasteiger partial charge on any atom is -0.481 e. The molecule has 0 bridgehead atoms. The van der Waals surface area contributed by atoms with Gasteiger partial charge in [0.05, 0.1) is 12.5 Å². The third kappa shape index (κ3) is 2.30. The lowest BCUT2D eigenvalue weighted by molar-refractivity contribution is -0.139. The summed E-state index contributed by atoms with van der Waals surface area (Å²) in [6.45, 7) is 0. The van der Waals surface area contributed by atoms with Gasteiger partial charge in [0, 0.05) is 9.35 Å². The van der Waals surface area contributed by atoms with E-state index in [-0.39, 0.29) is 6.42 Å². The van der Waals surface area contributed by atoms with Crippen LogP contribution in [0.4, 0.5) is 0 Å². The molecule has 0 saturated carbocycles. The van der Waals surface area contributed by atoms with Gasteiger partial charge in [-0.1, -0.05) is 0 Å². The van der Waals surface area contributed by atoms with Crippen LogP contribution in [0.25, 0.3) is 0 Å². The quantitative estimate of drug-likeness (QED) is 0.863. The van der Waals surface area contributed by atoms with E-state index in [4.69, 9.17) is 5.11 Å². The second-order valence-electron chi connectivity index (χ2n) is 2.25. The second-order valence-corrected chi connectivity index (χ2v) is 4.05. The Morgan fingerprint density at radius 3 is 2.83 bits per heavy atom. The van der Waals surface area contributed by atoms with E-state index in [0.29, 0.717) is 4.88 Å². The van der Waals surface area contributed by atoms with Crippen molar-refractivity contribution in [3.05, 3.63) is 20.8 Å². The first-order valence-electron chi connectivity index (χ1n) is 3.24. The number of halogens is 1. The van der Waals surface area contributed by atoms with E-state index in [1.165, 1.54) is 11.3 Å². The highest BCUT2D eigenvalue weighted by Gasteiger charge is 2.15. The minimum absolute atomic E-state index is 0.251. The Balaban J connectivity index is 2.71. The Labute approximate surface area is 81.8 Å². The number of carboxylic acids is 1. The maximum atomic E-state index is 10.2. The van der Waals surface area contributed by atoms with Crippen LogP contribution in [-0.4, -0.2) is 16.2 Å². The number of thiophene rings is 1. The average Bonchev–Trinajstić information content (AvgIpc) is 2.33. The number of rotatable bonds is 3. The Bertz CT molecular complexity index is 284. The molecule has 0 spiro atoms. The fourth-order valence-electron chi connectivity index (χ4n) is 0.801. The van der Waals surface area contributed by atoms with Gasteiger partial charge in [-0.3, -0.25) is 4.79 Å². The van der Waals surface area contributed by atoms with Crippen molar-refractivity contribution in [2.45, 2.75) is 12.5 Å². The van der Waals surface area contributed by atoms with Crippen LogP contribution in [0.2, 0.25) is 0 Å². The molecular weight excluding hydrogens is 244 g/mol. The number of aliphatic carboxylic acids is 1. The molecule has 1 aromatic rings. The first-order chi connectivity index (χ1) is 5.61. The molecule has 0 radical (unpaired) electrons. The fourth-order valence-corrected chi connectivity index (χ4v) is 2.42. The molecule has 66 valence electrons.